The van der Waals surface area contributed by atoms with Crippen molar-refractivity contribution in [2.75, 3.05) is 0 Å². The van der Waals surface area contributed by atoms with Crippen molar-refractivity contribution in [3.8, 4) is 23.0 Å². The van der Waals surface area contributed by atoms with E-state index in [0.29, 0.717) is 11.5 Å². The van der Waals surface area contributed by atoms with Crippen molar-refractivity contribution >= 4 is 0 Å². The fourth-order valence-corrected chi connectivity index (χ4v) is 5.77. The summed E-state index contributed by atoms with van der Waals surface area (Å²) in [6, 6.07) is 3.60. The highest BCUT2D eigenvalue weighted by atomic mass is 16.6. The van der Waals surface area contributed by atoms with Gasteiger partial charge in [-0.15, -0.1) is 0 Å². The van der Waals surface area contributed by atoms with Crippen LogP contribution in [0, 0.1) is 0 Å². The van der Waals surface area contributed by atoms with Gasteiger partial charge in [-0.05, 0) is 110 Å². The van der Waals surface area contributed by atoms with E-state index in [9.17, 15) is 5.11 Å². The van der Waals surface area contributed by atoms with E-state index in [1.165, 1.54) is 57.8 Å². The molecule has 0 aliphatic heterocycles. The number of hydrogen-bond acceptors (Lipinski definition) is 4. The van der Waals surface area contributed by atoms with Gasteiger partial charge in [-0.25, -0.2) is 0 Å². The van der Waals surface area contributed by atoms with Gasteiger partial charge in [0.05, 0.1) is 0 Å². The molecular weight excluding hydrogens is 388 g/mol. The highest BCUT2D eigenvalue weighted by molar-refractivity contribution is 5.59. The van der Waals surface area contributed by atoms with Crippen LogP contribution in [-0.2, 0) is 0 Å². The first-order chi connectivity index (χ1) is 14.8. The highest BCUT2D eigenvalue weighted by Crippen LogP contribution is 2.51. The molecule has 1 N–H and O–H groups in total. The maximum atomic E-state index is 10.9. The first kappa shape index (κ1) is 22.6. The number of rotatable bonds is 6. The van der Waals surface area contributed by atoms with E-state index >= 15 is 0 Å². The molecule has 3 fully saturated rings. The number of ether oxygens (including phenoxy) is 3. The lowest BCUT2D eigenvalue weighted by molar-refractivity contribution is 0.00740. The molecule has 1 aromatic carbocycles. The molecular formula is C27H42O4. The number of aromatic hydroxyl groups is 1. The second kappa shape index (κ2) is 9.11. The standard InChI is InChI=1S/C27H42O4/c1-25(15-7-4-8-16-25)29-22-14-13-21(28)23(30-26(2)17-9-5-10-18-26)24(22)31-27(3)19-11-6-12-20-27/h13-14,28H,4-12,15-20H2,1-3H3. The minimum absolute atomic E-state index is 0.155. The van der Waals surface area contributed by atoms with Crippen LogP contribution in [0.1, 0.15) is 117 Å². The van der Waals surface area contributed by atoms with Gasteiger partial charge >= 0.3 is 0 Å². The SMILES string of the molecule is CC1(Oc2ccc(O)c(OC3(C)CCCCC3)c2OC2(C)CCCCC2)CCCCC1. The summed E-state index contributed by atoms with van der Waals surface area (Å²) in [6.07, 6.45) is 17.1. The summed E-state index contributed by atoms with van der Waals surface area (Å²) >= 11 is 0. The molecule has 0 aromatic heterocycles. The number of hydrogen-bond donors (Lipinski definition) is 1. The molecule has 4 heteroatoms. The van der Waals surface area contributed by atoms with Crippen molar-refractivity contribution in [1.29, 1.82) is 0 Å². The van der Waals surface area contributed by atoms with E-state index in [2.05, 4.69) is 20.8 Å². The highest BCUT2D eigenvalue weighted by Gasteiger charge is 2.37. The lowest BCUT2D eigenvalue weighted by Crippen LogP contribution is -2.38. The van der Waals surface area contributed by atoms with Crippen molar-refractivity contribution in [1.82, 2.24) is 0 Å². The van der Waals surface area contributed by atoms with Crippen LogP contribution in [-0.4, -0.2) is 21.9 Å². The average molecular weight is 431 g/mol. The van der Waals surface area contributed by atoms with Gasteiger partial charge < -0.3 is 19.3 Å². The predicted octanol–water partition coefficient (Wildman–Crippen LogP) is 7.70. The van der Waals surface area contributed by atoms with Crippen molar-refractivity contribution in [2.45, 2.75) is 134 Å². The molecule has 3 aliphatic rings. The molecule has 1 aromatic rings. The van der Waals surface area contributed by atoms with E-state index in [-0.39, 0.29) is 22.6 Å². The summed E-state index contributed by atoms with van der Waals surface area (Å²) in [7, 11) is 0. The smallest absolute Gasteiger partial charge is 0.208 e. The Kier molecular flexibility index (Phi) is 6.65. The zero-order valence-corrected chi connectivity index (χ0v) is 19.9. The molecule has 0 spiro atoms. The van der Waals surface area contributed by atoms with Crippen LogP contribution < -0.4 is 14.2 Å². The molecule has 4 nitrogen and oxygen atoms in total. The third kappa shape index (κ3) is 5.43. The molecule has 31 heavy (non-hydrogen) atoms. The Hall–Kier alpha value is -1.58. The molecule has 0 bridgehead atoms. The molecule has 4 rings (SSSR count). The van der Waals surface area contributed by atoms with Crippen LogP contribution in [0.25, 0.3) is 0 Å². The minimum atomic E-state index is -0.269. The molecule has 0 radical (unpaired) electrons. The molecule has 0 saturated heterocycles. The second-order valence-electron chi connectivity index (χ2n) is 11.1. The first-order valence-corrected chi connectivity index (χ1v) is 12.7. The molecule has 0 unspecified atom stereocenters. The van der Waals surface area contributed by atoms with Gasteiger partial charge in [0.25, 0.3) is 0 Å². The van der Waals surface area contributed by atoms with Crippen LogP contribution in [0.15, 0.2) is 12.1 Å². The van der Waals surface area contributed by atoms with E-state index < -0.39 is 0 Å². The minimum Gasteiger partial charge on any atom is -0.504 e. The van der Waals surface area contributed by atoms with Gasteiger partial charge in [-0.2, -0.15) is 0 Å². The fourth-order valence-electron chi connectivity index (χ4n) is 5.77. The molecule has 0 heterocycles. The lowest BCUT2D eigenvalue weighted by atomic mass is 9.85. The van der Waals surface area contributed by atoms with Crippen molar-refractivity contribution < 1.29 is 19.3 Å². The zero-order valence-electron chi connectivity index (χ0n) is 19.9. The molecule has 174 valence electrons. The maximum absolute atomic E-state index is 10.9. The summed E-state index contributed by atoms with van der Waals surface area (Å²) in [5.74, 6) is 1.97. The number of benzene rings is 1. The van der Waals surface area contributed by atoms with Crippen LogP contribution in [0.5, 0.6) is 23.0 Å². The Bertz CT molecular complexity index is 738. The normalized spacial score (nSPS) is 24.9. The Morgan fingerprint density at radius 3 is 1.39 bits per heavy atom. The maximum Gasteiger partial charge on any atom is 0.208 e. The molecule has 3 aliphatic carbocycles. The van der Waals surface area contributed by atoms with Gasteiger partial charge in [0.1, 0.15) is 16.8 Å². The topological polar surface area (TPSA) is 47.9 Å². The van der Waals surface area contributed by atoms with Crippen LogP contribution in [0.4, 0.5) is 0 Å². The Morgan fingerprint density at radius 2 is 0.935 bits per heavy atom. The van der Waals surface area contributed by atoms with Gasteiger partial charge in [0, 0.05) is 0 Å². The van der Waals surface area contributed by atoms with Gasteiger partial charge in [0.2, 0.25) is 11.5 Å². The third-order valence-corrected chi connectivity index (χ3v) is 7.84. The first-order valence-electron chi connectivity index (χ1n) is 12.7. The van der Waals surface area contributed by atoms with Crippen LogP contribution in [0.2, 0.25) is 0 Å². The summed E-state index contributed by atoms with van der Waals surface area (Å²) in [5, 5.41) is 10.9. The largest absolute Gasteiger partial charge is 0.504 e. The van der Waals surface area contributed by atoms with E-state index in [1.54, 1.807) is 6.07 Å². The Balaban J connectivity index is 1.69. The average Bonchev–Trinajstić information content (AvgIpc) is 2.74. The van der Waals surface area contributed by atoms with Crippen molar-refractivity contribution in [2.24, 2.45) is 0 Å². The van der Waals surface area contributed by atoms with E-state index in [0.717, 1.165) is 44.3 Å². The van der Waals surface area contributed by atoms with E-state index in [1.807, 2.05) is 6.07 Å². The lowest BCUT2D eigenvalue weighted by Gasteiger charge is -2.40. The number of phenolic OH excluding ortho intramolecular Hbond substituents is 1. The van der Waals surface area contributed by atoms with Gasteiger partial charge in [-0.1, -0.05) is 19.3 Å². The monoisotopic (exact) mass is 430 g/mol. The fraction of sp³-hybridized carbons (Fsp3) is 0.778. The second-order valence-corrected chi connectivity index (χ2v) is 11.1. The summed E-state index contributed by atoms with van der Waals surface area (Å²) in [6.45, 7) is 6.59. The van der Waals surface area contributed by atoms with Crippen LogP contribution >= 0.6 is 0 Å². The van der Waals surface area contributed by atoms with Gasteiger partial charge in [0.15, 0.2) is 11.5 Å². The Morgan fingerprint density at radius 1 is 0.548 bits per heavy atom. The summed E-state index contributed by atoms with van der Waals surface area (Å²) < 4.78 is 20.0. The van der Waals surface area contributed by atoms with Crippen LogP contribution in [0.3, 0.4) is 0 Å². The molecule has 0 amide bonds. The quantitative estimate of drug-likeness (QED) is 0.502. The Labute approximate surface area is 188 Å². The summed E-state index contributed by atoms with van der Waals surface area (Å²) in [5.41, 5.74) is -0.704. The number of phenols is 1. The van der Waals surface area contributed by atoms with Crippen molar-refractivity contribution in [3.63, 3.8) is 0 Å². The van der Waals surface area contributed by atoms with Crippen molar-refractivity contribution in [3.05, 3.63) is 12.1 Å². The zero-order chi connectivity index (χ0) is 22.0. The predicted molar refractivity (Wildman–Crippen MR) is 124 cm³/mol. The van der Waals surface area contributed by atoms with Gasteiger partial charge in [-0.3, -0.25) is 0 Å². The van der Waals surface area contributed by atoms with E-state index in [4.69, 9.17) is 14.2 Å². The third-order valence-electron chi connectivity index (χ3n) is 7.84. The molecule has 3 saturated carbocycles. The molecule has 0 atom stereocenters. The summed E-state index contributed by atoms with van der Waals surface area (Å²) in [4.78, 5) is 0.